The number of halogens is 3. The molecule has 0 unspecified atom stereocenters. The number of aliphatic carboxylic acids is 1. The van der Waals surface area contributed by atoms with Crippen molar-refractivity contribution in [2.45, 2.75) is 44.3 Å². The molecule has 2 rings (SSSR count). The number of rotatable bonds is 5. The van der Waals surface area contributed by atoms with E-state index >= 15 is 0 Å². The van der Waals surface area contributed by atoms with Crippen LogP contribution in [0, 0.1) is 3.57 Å². The summed E-state index contributed by atoms with van der Waals surface area (Å²) in [6, 6.07) is 3.83. The molecule has 8 heteroatoms. The van der Waals surface area contributed by atoms with E-state index in [1.54, 1.807) is 0 Å². The zero-order valence-corrected chi connectivity index (χ0v) is 14.2. The summed E-state index contributed by atoms with van der Waals surface area (Å²) >= 11 is 1.90. The molecule has 0 bridgehead atoms. The van der Waals surface area contributed by atoms with E-state index in [0.29, 0.717) is 3.57 Å². The number of carboxylic acids is 1. The van der Waals surface area contributed by atoms with Gasteiger partial charge in [0.1, 0.15) is 17.4 Å². The molecule has 0 N–H and O–H groups in total. The Balaban J connectivity index is 2.20. The number of carbonyl (C=O) groups excluding carboxylic acids is 2. The van der Waals surface area contributed by atoms with Crippen molar-refractivity contribution in [3.8, 4) is 5.75 Å². The molecule has 0 aliphatic heterocycles. The lowest BCUT2D eigenvalue weighted by atomic mass is 9.98. The Hall–Kier alpha value is -1.45. The highest BCUT2D eigenvalue weighted by atomic mass is 127. The van der Waals surface area contributed by atoms with E-state index in [-0.39, 0.29) is 11.7 Å². The standard InChI is InChI=1S/C15H15F2IO5/c16-15(17,14(20)21)23-12-7-6-9(18)8-11(12)13(19)22-10-4-2-1-3-5-10/h6-8,10H,1-5H2,(H,20,21)/p-1. The third-order valence-corrected chi connectivity index (χ3v) is 4.13. The summed E-state index contributed by atoms with van der Waals surface area (Å²) in [5.41, 5.74) is -0.233. The van der Waals surface area contributed by atoms with Crippen LogP contribution in [0.3, 0.4) is 0 Å². The van der Waals surface area contributed by atoms with Gasteiger partial charge in [0.05, 0.1) is 0 Å². The van der Waals surface area contributed by atoms with Crippen molar-refractivity contribution in [2.75, 3.05) is 0 Å². The van der Waals surface area contributed by atoms with Crippen LogP contribution in [0.4, 0.5) is 8.78 Å². The first-order valence-corrected chi connectivity index (χ1v) is 8.16. The maximum atomic E-state index is 13.2. The van der Waals surface area contributed by atoms with Gasteiger partial charge >= 0.3 is 12.1 Å². The van der Waals surface area contributed by atoms with Crippen LogP contribution in [-0.4, -0.2) is 24.2 Å². The number of benzene rings is 1. The fraction of sp³-hybridized carbons (Fsp3) is 0.467. The molecule has 1 saturated carbocycles. The summed E-state index contributed by atoms with van der Waals surface area (Å²) in [5, 5.41) is 10.4. The summed E-state index contributed by atoms with van der Waals surface area (Å²) < 4.78 is 36.5. The van der Waals surface area contributed by atoms with Crippen LogP contribution in [-0.2, 0) is 9.53 Å². The molecule has 1 aliphatic carbocycles. The van der Waals surface area contributed by atoms with Gasteiger partial charge in [0, 0.05) is 3.57 Å². The molecule has 126 valence electrons. The van der Waals surface area contributed by atoms with Crippen LogP contribution in [0.5, 0.6) is 5.75 Å². The van der Waals surface area contributed by atoms with Crippen molar-refractivity contribution < 1.29 is 33.0 Å². The maximum absolute atomic E-state index is 13.2. The van der Waals surface area contributed by atoms with Crippen LogP contribution in [0.15, 0.2) is 18.2 Å². The molecule has 0 aromatic heterocycles. The van der Waals surface area contributed by atoms with Gasteiger partial charge in [0.25, 0.3) is 0 Å². The Bertz CT molecular complexity index is 600. The largest absolute Gasteiger partial charge is 0.541 e. The second-order valence-corrected chi connectivity index (χ2v) is 6.46. The second-order valence-electron chi connectivity index (χ2n) is 5.21. The zero-order valence-electron chi connectivity index (χ0n) is 12.0. The minimum absolute atomic E-state index is 0.233. The fourth-order valence-electron chi connectivity index (χ4n) is 2.33. The number of carbonyl (C=O) groups is 2. The Morgan fingerprint density at radius 3 is 2.48 bits per heavy atom. The van der Waals surface area contributed by atoms with E-state index in [0.717, 1.165) is 38.2 Å². The SMILES string of the molecule is O=C(OC1CCCCC1)c1cc(I)ccc1OC(F)(F)C(=O)[O-]. The van der Waals surface area contributed by atoms with Gasteiger partial charge in [-0.15, -0.1) is 0 Å². The van der Waals surface area contributed by atoms with Gasteiger partial charge in [-0.25, -0.2) is 4.79 Å². The smallest absolute Gasteiger partial charge is 0.441 e. The molecule has 1 aliphatic rings. The predicted molar refractivity (Wildman–Crippen MR) is 82.0 cm³/mol. The molecule has 23 heavy (non-hydrogen) atoms. The lowest BCUT2D eigenvalue weighted by Crippen LogP contribution is -2.46. The highest BCUT2D eigenvalue weighted by Gasteiger charge is 2.35. The van der Waals surface area contributed by atoms with E-state index < -0.39 is 23.8 Å². The number of esters is 1. The van der Waals surface area contributed by atoms with Crippen LogP contribution in [0.25, 0.3) is 0 Å². The van der Waals surface area contributed by atoms with E-state index in [1.807, 2.05) is 22.6 Å². The third kappa shape index (κ3) is 4.76. The molecule has 0 atom stereocenters. The van der Waals surface area contributed by atoms with Gasteiger partial charge in [-0.05, 0) is 66.5 Å². The number of hydrogen-bond acceptors (Lipinski definition) is 5. The van der Waals surface area contributed by atoms with Gasteiger partial charge in [-0.1, -0.05) is 6.42 Å². The Kier molecular flexibility index (Phi) is 5.77. The quantitative estimate of drug-likeness (QED) is 0.521. The summed E-state index contributed by atoms with van der Waals surface area (Å²) in [6.07, 6.45) is -0.394. The number of hydrogen-bond donors (Lipinski definition) is 0. The summed E-state index contributed by atoms with van der Waals surface area (Å²) in [5.74, 6) is -4.04. The first-order chi connectivity index (χ1) is 10.8. The second kappa shape index (κ2) is 7.41. The lowest BCUT2D eigenvalue weighted by molar-refractivity contribution is -0.350. The van der Waals surface area contributed by atoms with E-state index in [4.69, 9.17) is 4.74 Å². The molecule has 1 aromatic rings. The van der Waals surface area contributed by atoms with Crippen molar-refractivity contribution in [2.24, 2.45) is 0 Å². The molecule has 1 aromatic carbocycles. The van der Waals surface area contributed by atoms with Crippen LogP contribution >= 0.6 is 22.6 Å². The monoisotopic (exact) mass is 439 g/mol. The summed E-state index contributed by atoms with van der Waals surface area (Å²) in [6.45, 7) is 0. The van der Waals surface area contributed by atoms with Crippen molar-refractivity contribution in [3.63, 3.8) is 0 Å². The number of carboxylic acid groups (broad SMARTS) is 1. The zero-order chi connectivity index (χ0) is 17.0. The third-order valence-electron chi connectivity index (χ3n) is 3.46. The Labute approximate surface area is 145 Å². The van der Waals surface area contributed by atoms with Crippen LogP contribution in [0.2, 0.25) is 0 Å². The lowest BCUT2D eigenvalue weighted by Gasteiger charge is -2.23. The minimum atomic E-state index is -4.54. The van der Waals surface area contributed by atoms with Crippen molar-refractivity contribution >= 4 is 34.5 Å². The number of ether oxygens (including phenoxy) is 2. The van der Waals surface area contributed by atoms with Gasteiger partial charge < -0.3 is 19.4 Å². The molecular formula is C15H14F2IO5-. The molecule has 0 heterocycles. The average molecular weight is 439 g/mol. The summed E-state index contributed by atoms with van der Waals surface area (Å²) in [7, 11) is 0. The number of alkyl halides is 2. The molecular weight excluding hydrogens is 425 g/mol. The van der Waals surface area contributed by atoms with E-state index in [9.17, 15) is 23.5 Å². The highest BCUT2D eigenvalue weighted by molar-refractivity contribution is 14.1. The molecule has 0 saturated heterocycles. The first-order valence-electron chi connectivity index (χ1n) is 7.08. The molecule has 1 fully saturated rings. The predicted octanol–water partition coefficient (Wildman–Crippen LogP) is 2.50. The Morgan fingerprint density at radius 1 is 1.22 bits per heavy atom. The first kappa shape index (κ1) is 17.9. The molecule has 0 radical (unpaired) electrons. The van der Waals surface area contributed by atoms with Gasteiger partial charge in [-0.3, -0.25) is 0 Å². The van der Waals surface area contributed by atoms with Crippen LogP contribution in [0.1, 0.15) is 42.5 Å². The topological polar surface area (TPSA) is 75.7 Å². The Morgan fingerprint density at radius 2 is 1.87 bits per heavy atom. The normalized spacial score (nSPS) is 16.0. The molecule has 0 amide bonds. The maximum Gasteiger partial charge on any atom is 0.441 e. The van der Waals surface area contributed by atoms with Crippen molar-refractivity contribution in [3.05, 3.63) is 27.3 Å². The van der Waals surface area contributed by atoms with Gasteiger partial charge in [-0.2, -0.15) is 8.78 Å². The van der Waals surface area contributed by atoms with Gasteiger partial charge in [0.15, 0.2) is 5.97 Å². The van der Waals surface area contributed by atoms with Crippen molar-refractivity contribution in [1.82, 2.24) is 0 Å². The van der Waals surface area contributed by atoms with Crippen LogP contribution < -0.4 is 9.84 Å². The van der Waals surface area contributed by atoms with E-state index in [2.05, 4.69) is 4.74 Å². The summed E-state index contributed by atoms with van der Waals surface area (Å²) in [4.78, 5) is 22.6. The van der Waals surface area contributed by atoms with E-state index in [1.165, 1.54) is 12.1 Å². The fourth-order valence-corrected chi connectivity index (χ4v) is 2.82. The highest BCUT2D eigenvalue weighted by Crippen LogP contribution is 2.29. The molecule has 5 nitrogen and oxygen atoms in total. The average Bonchev–Trinajstić information content (AvgIpc) is 2.49. The van der Waals surface area contributed by atoms with Gasteiger partial charge in [0.2, 0.25) is 0 Å². The minimum Gasteiger partial charge on any atom is -0.541 e. The van der Waals surface area contributed by atoms with Crippen molar-refractivity contribution in [1.29, 1.82) is 0 Å². The molecule has 0 spiro atoms.